The molecule has 0 aliphatic carbocycles. The zero-order chi connectivity index (χ0) is 12.7. The summed E-state index contributed by atoms with van der Waals surface area (Å²) in [6, 6.07) is 0.535. The Morgan fingerprint density at radius 2 is 2.35 bits per heavy atom. The Morgan fingerprint density at radius 1 is 1.59 bits per heavy atom. The van der Waals surface area contributed by atoms with Crippen LogP contribution < -0.4 is 10.2 Å². The molecule has 0 saturated carbocycles. The maximum absolute atomic E-state index is 4.66. The molecule has 1 N–H and O–H groups in total. The molecule has 98 valence electrons. The molecule has 1 rings (SSSR count). The molecule has 0 spiro atoms. The Balaban J connectivity index is 2.48. The van der Waals surface area contributed by atoms with Crippen LogP contribution in [0.15, 0.2) is 5.38 Å². The predicted octanol–water partition coefficient (Wildman–Crippen LogP) is 2.83. The Labute approximate surface area is 113 Å². The largest absolute Gasteiger partial charge is 0.348 e. The van der Waals surface area contributed by atoms with Gasteiger partial charge < -0.3 is 10.2 Å². The molecule has 0 aliphatic heterocycles. The van der Waals surface area contributed by atoms with Gasteiger partial charge >= 0.3 is 0 Å². The minimum Gasteiger partial charge on any atom is -0.348 e. The Morgan fingerprint density at radius 3 is 3.00 bits per heavy atom. The molecular weight excluding hydrogens is 250 g/mol. The first-order chi connectivity index (χ1) is 8.19. The second kappa shape index (κ2) is 7.95. The molecule has 1 aromatic heterocycles. The van der Waals surface area contributed by atoms with Gasteiger partial charge in [-0.2, -0.15) is 11.8 Å². The van der Waals surface area contributed by atoms with E-state index in [4.69, 9.17) is 0 Å². The van der Waals surface area contributed by atoms with Gasteiger partial charge in [0, 0.05) is 30.8 Å². The third kappa shape index (κ3) is 4.85. The number of nitrogens with zero attached hydrogens (tertiary/aromatic N) is 2. The fourth-order valence-corrected chi connectivity index (χ4v) is 3.07. The van der Waals surface area contributed by atoms with Gasteiger partial charge in [-0.05, 0) is 26.1 Å². The van der Waals surface area contributed by atoms with E-state index >= 15 is 0 Å². The lowest BCUT2D eigenvalue weighted by Crippen LogP contribution is -2.30. The van der Waals surface area contributed by atoms with Crippen LogP contribution in [0.25, 0.3) is 0 Å². The van der Waals surface area contributed by atoms with E-state index in [1.165, 1.54) is 6.42 Å². The zero-order valence-corrected chi connectivity index (χ0v) is 12.8. The number of hydrogen-bond donors (Lipinski definition) is 1. The van der Waals surface area contributed by atoms with Crippen LogP contribution in [0, 0.1) is 0 Å². The van der Waals surface area contributed by atoms with Crippen LogP contribution in [0.2, 0.25) is 0 Å². The number of hydrogen-bond acceptors (Lipinski definition) is 5. The maximum atomic E-state index is 4.66. The summed E-state index contributed by atoms with van der Waals surface area (Å²) >= 11 is 3.61. The first-order valence-corrected chi connectivity index (χ1v) is 8.33. The fraction of sp³-hybridized carbons (Fsp3) is 0.750. The van der Waals surface area contributed by atoms with E-state index in [2.05, 4.69) is 47.7 Å². The summed E-state index contributed by atoms with van der Waals surface area (Å²) in [5.41, 5.74) is 1.15. The van der Waals surface area contributed by atoms with E-state index in [-0.39, 0.29) is 0 Å². The van der Waals surface area contributed by atoms with Gasteiger partial charge in [-0.3, -0.25) is 0 Å². The van der Waals surface area contributed by atoms with Gasteiger partial charge in [-0.15, -0.1) is 11.3 Å². The van der Waals surface area contributed by atoms with Gasteiger partial charge in [0.25, 0.3) is 0 Å². The van der Waals surface area contributed by atoms with Crippen molar-refractivity contribution < 1.29 is 0 Å². The number of thioether (sulfide) groups is 1. The molecule has 0 bridgehead atoms. The van der Waals surface area contributed by atoms with Crippen molar-refractivity contribution in [3.05, 3.63) is 11.1 Å². The topological polar surface area (TPSA) is 28.2 Å². The van der Waals surface area contributed by atoms with Gasteiger partial charge in [0.2, 0.25) is 0 Å². The summed E-state index contributed by atoms with van der Waals surface area (Å²) < 4.78 is 0. The van der Waals surface area contributed by atoms with Crippen LogP contribution in [0.3, 0.4) is 0 Å². The van der Waals surface area contributed by atoms with E-state index in [1.54, 1.807) is 11.3 Å². The molecule has 0 fully saturated rings. The van der Waals surface area contributed by atoms with Crippen molar-refractivity contribution in [2.45, 2.75) is 32.9 Å². The SMILES string of the molecule is CCCNCc1csc(N(C)C(C)CSC)n1. The Kier molecular flexibility index (Phi) is 6.92. The lowest BCUT2D eigenvalue weighted by atomic mass is 10.4. The van der Waals surface area contributed by atoms with Crippen molar-refractivity contribution >= 4 is 28.2 Å². The van der Waals surface area contributed by atoms with Gasteiger partial charge in [-0.25, -0.2) is 4.98 Å². The van der Waals surface area contributed by atoms with Crippen LogP contribution in [0.1, 0.15) is 26.0 Å². The number of aromatic nitrogens is 1. The third-order valence-electron chi connectivity index (χ3n) is 2.64. The average molecular weight is 273 g/mol. The molecule has 0 aromatic carbocycles. The van der Waals surface area contributed by atoms with Gasteiger partial charge in [0.05, 0.1) is 5.69 Å². The van der Waals surface area contributed by atoms with E-state index in [0.717, 1.165) is 29.7 Å². The van der Waals surface area contributed by atoms with Crippen molar-refractivity contribution in [1.29, 1.82) is 0 Å². The second-order valence-corrected chi connectivity index (χ2v) is 5.96. The molecule has 1 unspecified atom stereocenters. The quantitative estimate of drug-likeness (QED) is 0.737. The highest BCUT2D eigenvalue weighted by Crippen LogP contribution is 2.22. The highest BCUT2D eigenvalue weighted by atomic mass is 32.2. The summed E-state index contributed by atoms with van der Waals surface area (Å²) in [5, 5.41) is 6.66. The van der Waals surface area contributed by atoms with E-state index in [0.29, 0.717) is 6.04 Å². The number of anilines is 1. The standard InChI is InChI=1S/C12H23N3S2/c1-5-6-13-7-11-9-17-12(14-11)15(3)10(2)8-16-4/h9-10,13H,5-8H2,1-4H3. The Bertz CT molecular complexity index is 314. The van der Waals surface area contributed by atoms with Crippen molar-refractivity contribution in [3.63, 3.8) is 0 Å². The Hall–Kier alpha value is -0.260. The summed E-state index contributed by atoms with van der Waals surface area (Å²) in [6.07, 6.45) is 3.31. The summed E-state index contributed by atoms with van der Waals surface area (Å²) in [7, 11) is 2.13. The van der Waals surface area contributed by atoms with Crippen LogP contribution in [0.4, 0.5) is 5.13 Å². The lowest BCUT2D eigenvalue weighted by molar-refractivity contribution is 0.665. The van der Waals surface area contributed by atoms with E-state index in [9.17, 15) is 0 Å². The first-order valence-electron chi connectivity index (χ1n) is 6.06. The minimum absolute atomic E-state index is 0.535. The highest BCUT2D eigenvalue weighted by Gasteiger charge is 2.12. The molecule has 0 amide bonds. The average Bonchev–Trinajstić information content (AvgIpc) is 2.77. The highest BCUT2D eigenvalue weighted by molar-refractivity contribution is 7.98. The second-order valence-electron chi connectivity index (χ2n) is 4.21. The monoisotopic (exact) mass is 273 g/mol. The minimum atomic E-state index is 0.535. The van der Waals surface area contributed by atoms with E-state index in [1.807, 2.05) is 11.8 Å². The predicted molar refractivity (Wildman–Crippen MR) is 80.4 cm³/mol. The molecule has 17 heavy (non-hydrogen) atoms. The van der Waals surface area contributed by atoms with Crippen LogP contribution in [0.5, 0.6) is 0 Å². The zero-order valence-electron chi connectivity index (χ0n) is 11.2. The molecular formula is C12H23N3S2. The number of rotatable bonds is 8. The molecule has 0 aliphatic rings. The molecule has 1 aromatic rings. The van der Waals surface area contributed by atoms with E-state index < -0.39 is 0 Å². The van der Waals surface area contributed by atoms with Crippen molar-refractivity contribution in [2.75, 3.05) is 30.5 Å². The number of thiazole rings is 1. The smallest absolute Gasteiger partial charge is 0.185 e. The van der Waals surface area contributed by atoms with Gasteiger partial charge in [0.15, 0.2) is 5.13 Å². The van der Waals surface area contributed by atoms with Crippen molar-refractivity contribution in [1.82, 2.24) is 10.3 Å². The number of nitrogens with one attached hydrogen (secondary N) is 1. The van der Waals surface area contributed by atoms with Crippen LogP contribution >= 0.6 is 23.1 Å². The van der Waals surface area contributed by atoms with Crippen molar-refractivity contribution in [3.8, 4) is 0 Å². The van der Waals surface area contributed by atoms with Crippen molar-refractivity contribution in [2.24, 2.45) is 0 Å². The molecule has 3 nitrogen and oxygen atoms in total. The van der Waals surface area contributed by atoms with Gasteiger partial charge in [0.1, 0.15) is 0 Å². The van der Waals surface area contributed by atoms with Crippen LogP contribution in [-0.2, 0) is 6.54 Å². The normalized spacial score (nSPS) is 12.7. The lowest BCUT2D eigenvalue weighted by Gasteiger charge is -2.23. The molecule has 1 heterocycles. The fourth-order valence-electron chi connectivity index (χ4n) is 1.47. The molecule has 0 saturated heterocycles. The summed E-state index contributed by atoms with van der Waals surface area (Å²) in [5.74, 6) is 1.14. The maximum Gasteiger partial charge on any atom is 0.185 e. The summed E-state index contributed by atoms with van der Waals surface area (Å²) in [6.45, 7) is 6.37. The summed E-state index contributed by atoms with van der Waals surface area (Å²) in [4.78, 5) is 6.93. The first kappa shape index (κ1) is 14.8. The molecule has 0 radical (unpaired) electrons. The molecule has 5 heteroatoms. The third-order valence-corrected chi connectivity index (χ3v) is 4.44. The van der Waals surface area contributed by atoms with Crippen LogP contribution in [-0.4, -0.2) is 36.6 Å². The molecule has 1 atom stereocenters. The van der Waals surface area contributed by atoms with Gasteiger partial charge in [-0.1, -0.05) is 6.92 Å².